The minimum absolute atomic E-state index is 0.0720. The molecule has 0 aliphatic heterocycles. The highest BCUT2D eigenvalue weighted by molar-refractivity contribution is 8.00. The van der Waals surface area contributed by atoms with Crippen LogP contribution in [0.1, 0.15) is 5.56 Å². The molecule has 0 atom stereocenters. The summed E-state index contributed by atoms with van der Waals surface area (Å²) in [5.74, 6) is 0.0289. The molecule has 1 N–H and O–H groups in total. The lowest BCUT2D eigenvalue weighted by atomic mass is 10.2. The number of halogens is 1. The third kappa shape index (κ3) is 5.77. The van der Waals surface area contributed by atoms with Crippen LogP contribution in [-0.2, 0) is 16.1 Å². The van der Waals surface area contributed by atoms with Crippen molar-refractivity contribution < 1.29 is 18.7 Å². The monoisotopic (exact) mass is 376 g/mol. The second kappa shape index (κ2) is 9.82. The zero-order chi connectivity index (χ0) is 18.9. The normalized spacial score (nSPS) is 10.3. The molecule has 0 heterocycles. The molecule has 2 aromatic carbocycles. The van der Waals surface area contributed by atoms with Crippen molar-refractivity contribution >= 4 is 29.3 Å². The number of hydrogen-bond donors (Lipinski definition) is 1. The van der Waals surface area contributed by atoms with Crippen LogP contribution in [0.15, 0.2) is 48.5 Å². The van der Waals surface area contributed by atoms with E-state index in [9.17, 15) is 14.0 Å². The highest BCUT2D eigenvalue weighted by Crippen LogP contribution is 2.19. The Labute approximate surface area is 156 Å². The molecule has 0 aliphatic rings. The van der Waals surface area contributed by atoms with Gasteiger partial charge in [0.15, 0.2) is 0 Å². The van der Waals surface area contributed by atoms with Crippen molar-refractivity contribution in [1.82, 2.24) is 4.90 Å². The van der Waals surface area contributed by atoms with E-state index in [1.807, 2.05) is 24.3 Å². The Kier molecular flexibility index (Phi) is 7.47. The number of hydrogen-bond acceptors (Lipinski definition) is 4. The van der Waals surface area contributed by atoms with Crippen LogP contribution in [0.5, 0.6) is 5.75 Å². The van der Waals surface area contributed by atoms with E-state index in [0.717, 1.165) is 11.3 Å². The summed E-state index contributed by atoms with van der Waals surface area (Å²) in [6.07, 6.45) is 0. The summed E-state index contributed by atoms with van der Waals surface area (Å²) in [5, 5.41) is 2.49. The number of nitrogens with zero attached hydrogens (tertiary/aromatic N) is 1. The van der Waals surface area contributed by atoms with Gasteiger partial charge in [0.2, 0.25) is 11.8 Å². The molecule has 0 aromatic heterocycles. The number of amides is 2. The van der Waals surface area contributed by atoms with Gasteiger partial charge in [-0.15, -0.1) is 11.8 Å². The number of para-hydroxylation sites is 2. The minimum atomic E-state index is -0.488. The quantitative estimate of drug-likeness (QED) is 0.769. The second-order valence-electron chi connectivity index (χ2n) is 5.58. The Balaban J connectivity index is 1.77. The molecule has 0 aliphatic carbocycles. The number of methoxy groups -OCH3 is 1. The van der Waals surface area contributed by atoms with Crippen LogP contribution in [0.3, 0.4) is 0 Å². The zero-order valence-electron chi connectivity index (χ0n) is 14.7. The van der Waals surface area contributed by atoms with Gasteiger partial charge in [0, 0.05) is 19.2 Å². The second-order valence-corrected chi connectivity index (χ2v) is 6.57. The fraction of sp³-hybridized carbons (Fsp3) is 0.263. The predicted molar refractivity (Wildman–Crippen MR) is 102 cm³/mol. The topological polar surface area (TPSA) is 58.6 Å². The van der Waals surface area contributed by atoms with Gasteiger partial charge in [-0.05, 0) is 18.2 Å². The van der Waals surface area contributed by atoms with Gasteiger partial charge in [-0.3, -0.25) is 9.59 Å². The molecule has 2 aromatic rings. The van der Waals surface area contributed by atoms with E-state index in [1.165, 1.54) is 23.9 Å². The third-order valence-electron chi connectivity index (χ3n) is 3.63. The van der Waals surface area contributed by atoms with Gasteiger partial charge < -0.3 is 15.0 Å². The SMILES string of the molecule is COc1ccccc1CN(C)C(=O)CSCC(=O)Nc1ccccc1F. The Morgan fingerprint density at radius 3 is 2.54 bits per heavy atom. The van der Waals surface area contributed by atoms with Crippen LogP contribution in [0, 0.1) is 5.82 Å². The summed E-state index contributed by atoms with van der Waals surface area (Å²) < 4.78 is 18.8. The van der Waals surface area contributed by atoms with Gasteiger partial charge in [0.05, 0.1) is 24.3 Å². The Morgan fingerprint density at radius 1 is 1.12 bits per heavy atom. The highest BCUT2D eigenvalue weighted by atomic mass is 32.2. The maximum atomic E-state index is 13.5. The molecule has 0 spiro atoms. The van der Waals surface area contributed by atoms with Crippen molar-refractivity contribution in [1.29, 1.82) is 0 Å². The third-order valence-corrected chi connectivity index (χ3v) is 4.55. The van der Waals surface area contributed by atoms with E-state index in [1.54, 1.807) is 31.2 Å². The van der Waals surface area contributed by atoms with Crippen molar-refractivity contribution in [3.63, 3.8) is 0 Å². The molecular weight excluding hydrogens is 355 g/mol. The van der Waals surface area contributed by atoms with Gasteiger partial charge in [-0.2, -0.15) is 0 Å². The summed E-state index contributed by atoms with van der Waals surface area (Å²) in [6.45, 7) is 0.421. The molecule has 26 heavy (non-hydrogen) atoms. The van der Waals surface area contributed by atoms with Gasteiger partial charge in [0.1, 0.15) is 11.6 Å². The van der Waals surface area contributed by atoms with E-state index in [2.05, 4.69) is 5.32 Å². The van der Waals surface area contributed by atoms with Crippen LogP contribution in [0.4, 0.5) is 10.1 Å². The molecule has 2 amide bonds. The number of nitrogens with one attached hydrogen (secondary N) is 1. The molecule has 7 heteroatoms. The summed E-state index contributed by atoms with van der Waals surface area (Å²) in [4.78, 5) is 25.6. The number of carbonyl (C=O) groups excluding carboxylic acids is 2. The first-order valence-electron chi connectivity index (χ1n) is 7.99. The molecule has 5 nitrogen and oxygen atoms in total. The van der Waals surface area contributed by atoms with Crippen LogP contribution in [0.25, 0.3) is 0 Å². The van der Waals surface area contributed by atoms with E-state index in [-0.39, 0.29) is 29.0 Å². The van der Waals surface area contributed by atoms with Gasteiger partial charge in [-0.1, -0.05) is 30.3 Å². The molecule has 0 saturated heterocycles. The lowest BCUT2D eigenvalue weighted by Crippen LogP contribution is -2.28. The Morgan fingerprint density at radius 2 is 1.81 bits per heavy atom. The Hall–Kier alpha value is -2.54. The molecular formula is C19H21FN2O3S. The summed E-state index contributed by atoms with van der Waals surface area (Å²) >= 11 is 1.19. The highest BCUT2D eigenvalue weighted by Gasteiger charge is 2.13. The molecule has 138 valence electrons. The standard InChI is InChI=1S/C19H21FN2O3S/c1-22(11-14-7-3-6-10-17(14)25-2)19(24)13-26-12-18(23)21-16-9-5-4-8-15(16)20/h3-10H,11-13H2,1-2H3,(H,21,23). The van der Waals surface area contributed by atoms with E-state index >= 15 is 0 Å². The number of ether oxygens (including phenoxy) is 1. The maximum Gasteiger partial charge on any atom is 0.234 e. The first-order valence-corrected chi connectivity index (χ1v) is 9.14. The summed E-state index contributed by atoms with van der Waals surface area (Å²) in [6, 6.07) is 13.5. The van der Waals surface area contributed by atoms with Gasteiger partial charge in [-0.25, -0.2) is 4.39 Å². The summed E-state index contributed by atoms with van der Waals surface area (Å²) in [5.41, 5.74) is 1.05. The molecule has 0 radical (unpaired) electrons. The fourth-order valence-electron chi connectivity index (χ4n) is 2.27. The smallest absolute Gasteiger partial charge is 0.234 e. The van der Waals surface area contributed by atoms with Gasteiger partial charge in [0.25, 0.3) is 0 Å². The van der Waals surface area contributed by atoms with Crippen LogP contribution in [0.2, 0.25) is 0 Å². The number of anilines is 1. The number of thioether (sulfide) groups is 1. The molecule has 0 unspecified atom stereocenters. The maximum absolute atomic E-state index is 13.5. The van der Waals surface area contributed by atoms with E-state index in [4.69, 9.17) is 4.74 Å². The minimum Gasteiger partial charge on any atom is -0.496 e. The molecule has 0 fully saturated rings. The lowest BCUT2D eigenvalue weighted by Gasteiger charge is -2.18. The molecule has 0 bridgehead atoms. The number of carbonyl (C=O) groups is 2. The van der Waals surface area contributed by atoms with E-state index < -0.39 is 5.82 Å². The van der Waals surface area contributed by atoms with E-state index in [0.29, 0.717) is 6.54 Å². The average molecular weight is 376 g/mol. The van der Waals surface area contributed by atoms with Crippen LogP contribution in [-0.4, -0.2) is 42.4 Å². The Bertz CT molecular complexity index is 770. The molecule has 2 rings (SSSR count). The largest absolute Gasteiger partial charge is 0.496 e. The average Bonchev–Trinajstić information content (AvgIpc) is 2.64. The number of rotatable bonds is 8. The first kappa shape index (κ1) is 19.8. The van der Waals surface area contributed by atoms with Crippen LogP contribution >= 0.6 is 11.8 Å². The van der Waals surface area contributed by atoms with Crippen molar-refractivity contribution in [2.45, 2.75) is 6.54 Å². The number of benzene rings is 2. The fourth-order valence-corrected chi connectivity index (χ4v) is 3.02. The first-order chi connectivity index (χ1) is 12.5. The van der Waals surface area contributed by atoms with Crippen molar-refractivity contribution in [3.8, 4) is 5.75 Å². The van der Waals surface area contributed by atoms with Crippen molar-refractivity contribution in [2.24, 2.45) is 0 Å². The van der Waals surface area contributed by atoms with Crippen molar-refractivity contribution in [3.05, 3.63) is 59.9 Å². The predicted octanol–water partition coefficient (Wildman–Crippen LogP) is 3.16. The zero-order valence-corrected chi connectivity index (χ0v) is 15.5. The van der Waals surface area contributed by atoms with Crippen molar-refractivity contribution in [2.75, 3.05) is 31.0 Å². The van der Waals surface area contributed by atoms with Crippen LogP contribution < -0.4 is 10.1 Å². The van der Waals surface area contributed by atoms with Gasteiger partial charge >= 0.3 is 0 Å². The molecule has 0 saturated carbocycles. The lowest BCUT2D eigenvalue weighted by molar-refractivity contribution is -0.127. The summed E-state index contributed by atoms with van der Waals surface area (Å²) in [7, 11) is 3.29.